The van der Waals surface area contributed by atoms with Crippen molar-refractivity contribution in [2.24, 2.45) is 4.22 Å². The van der Waals surface area contributed by atoms with E-state index in [4.69, 9.17) is 4.22 Å². The topological polar surface area (TPSA) is 26.0 Å². The summed E-state index contributed by atoms with van der Waals surface area (Å²) in [5.41, 5.74) is 2.78. The number of rotatable bonds is 1. The van der Waals surface area contributed by atoms with E-state index in [0.717, 1.165) is 0 Å². The minimum atomic E-state index is -0.293. The number of allylic oxidation sites excluding steroid dienone is 1. The van der Waals surface area contributed by atoms with Crippen LogP contribution in [-0.2, 0) is 19.4 Å². The van der Waals surface area contributed by atoms with Gasteiger partial charge in [-0.3, -0.25) is 0 Å². The fourth-order valence-corrected chi connectivity index (χ4v) is 2.41. The van der Waals surface area contributed by atoms with E-state index in [1.807, 2.05) is 0 Å². The first-order chi connectivity index (χ1) is 5.42. The van der Waals surface area contributed by atoms with Gasteiger partial charge in [0.05, 0.1) is 0 Å². The van der Waals surface area contributed by atoms with Crippen molar-refractivity contribution in [3.8, 4) is 0 Å². The number of fused-ring (bicyclic) bond motifs is 1. The molecule has 1 aliphatic carbocycles. The van der Waals surface area contributed by atoms with Crippen molar-refractivity contribution < 1.29 is 44.2 Å². The van der Waals surface area contributed by atoms with Crippen molar-refractivity contribution in [2.75, 3.05) is 0 Å². The Morgan fingerprint density at radius 3 is 2.54 bits per heavy atom. The summed E-state index contributed by atoms with van der Waals surface area (Å²) >= 11 is -0.293. The van der Waals surface area contributed by atoms with Gasteiger partial charge in [0.25, 0.3) is 0 Å². The van der Waals surface area contributed by atoms with E-state index in [-0.39, 0.29) is 44.2 Å². The second-order valence-electron chi connectivity index (χ2n) is 2.63. The number of hydrogen-bond donors (Lipinski definition) is 1. The van der Waals surface area contributed by atoms with E-state index in [1.165, 1.54) is 11.1 Å². The van der Waals surface area contributed by atoms with Gasteiger partial charge >= 0.3 is 75.4 Å². The van der Waals surface area contributed by atoms with Crippen LogP contribution in [-0.4, -0.2) is 0 Å². The van der Waals surface area contributed by atoms with Gasteiger partial charge in [0.15, 0.2) is 0 Å². The summed E-state index contributed by atoms with van der Waals surface area (Å²) in [6.07, 6.45) is 4.40. The summed E-state index contributed by atoms with van der Waals surface area (Å²) in [4.78, 5) is 0. The van der Waals surface area contributed by atoms with Gasteiger partial charge in [-0.2, -0.15) is 0 Å². The average Bonchev–Trinajstić information content (AvgIpc) is 2.47. The first kappa shape index (κ1) is 13.2. The summed E-state index contributed by atoms with van der Waals surface area (Å²) < 4.78 is 6.30. The van der Waals surface area contributed by atoms with Gasteiger partial charge in [-0.05, 0) is 0 Å². The standard InChI is InChI=1S/C9H7.2ClH.H2N.Ti/c1-2-5-9-7-3-6-8(9)4-1;;;;/h1-7H;2*1H;1H2;/q;;;-1;+3/p-2. The second-order valence-corrected chi connectivity index (χ2v) is 4.12. The first-order valence-electron chi connectivity index (χ1n) is 3.65. The van der Waals surface area contributed by atoms with Crippen molar-refractivity contribution in [3.05, 3.63) is 41.5 Å². The van der Waals surface area contributed by atoms with Crippen LogP contribution in [0.3, 0.4) is 0 Å². The van der Waals surface area contributed by atoms with Crippen LogP contribution >= 0.6 is 0 Å². The SMILES string of the molecule is [Cl-].[Cl-].[NH2][Ti+2][CH]1C=Cc2ccccc21. The van der Waals surface area contributed by atoms with E-state index in [9.17, 15) is 0 Å². The zero-order valence-electron chi connectivity index (χ0n) is 6.87. The van der Waals surface area contributed by atoms with Crippen LogP contribution in [0.15, 0.2) is 30.3 Å². The summed E-state index contributed by atoms with van der Waals surface area (Å²) in [7, 11) is 0. The van der Waals surface area contributed by atoms with Gasteiger partial charge < -0.3 is 24.8 Å². The number of nitrogens with two attached hydrogens (primary N) is 1. The molecule has 0 amide bonds. The van der Waals surface area contributed by atoms with Gasteiger partial charge in [0.2, 0.25) is 0 Å². The Kier molecular flexibility index (Phi) is 5.94. The van der Waals surface area contributed by atoms with Gasteiger partial charge in [0.1, 0.15) is 0 Å². The molecule has 1 nitrogen and oxygen atoms in total. The van der Waals surface area contributed by atoms with Crippen LogP contribution in [0.25, 0.3) is 6.08 Å². The third kappa shape index (κ3) is 2.58. The van der Waals surface area contributed by atoms with E-state index in [2.05, 4.69) is 36.4 Å². The summed E-state index contributed by atoms with van der Waals surface area (Å²) in [6.45, 7) is 0. The second kappa shape index (κ2) is 5.84. The summed E-state index contributed by atoms with van der Waals surface area (Å²) in [6, 6.07) is 8.48. The van der Waals surface area contributed by atoms with Crippen LogP contribution in [0.2, 0.25) is 0 Å². The van der Waals surface area contributed by atoms with Crippen molar-refractivity contribution in [2.45, 2.75) is 4.22 Å². The Morgan fingerprint density at radius 2 is 1.85 bits per heavy atom. The van der Waals surface area contributed by atoms with Crippen molar-refractivity contribution in [1.29, 1.82) is 0 Å². The molecule has 0 aromatic heterocycles. The molecule has 2 N–H and O–H groups in total. The summed E-state index contributed by atoms with van der Waals surface area (Å²) in [5.74, 6) is 0. The number of hydrogen-bond acceptors (Lipinski definition) is 1. The molecule has 4 heteroatoms. The molecule has 1 unspecified atom stereocenters. The maximum atomic E-state index is 5.72. The van der Waals surface area contributed by atoms with Gasteiger partial charge in [-0.1, -0.05) is 0 Å². The molecule has 2 rings (SSSR count). The van der Waals surface area contributed by atoms with Crippen LogP contribution < -0.4 is 29.0 Å². The molecule has 1 aromatic carbocycles. The molecule has 1 aromatic rings. The quantitative estimate of drug-likeness (QED) is 0.502. The fraction of sp³-hybridized carbons (Fsp3) is 0.111. The first-order valence-corrected chi connectivity index (χ1v) is 5.45. The fourth-order valence-electron chi connectivity index (χ4n) is 1.39. The normalized spacial score (nSPS) is 16.5. The Labute approximate surface area is 99.8 Å². The Balaban J connectivity index is 0.000000720. The Morgan fingerprint density at radius 1 is 1.15 bits per heavy atom. The molecule has 1 atom stereocenters. The molecule has 0 heterocycles. The summed E-state index contributed by atoms with van der Waals surface area (Å²) in [5, 5.41) is 0. The number of halogens is 2. The predicted molar refractivity (Wildman–Crippen MR) is 42.4 cm³/mol. The molecule has 1 aliphatic rings. The molecule has 68 valence electrons. The molecule has 0 radical (unpaired) electrons. The van der Waals surface area contributed by atoms with Gasteiger partial charge in [0, 0.05) is 0 Å². The van der Waals surface area contributed by atoms with E-state index < -0.39 is 0 Å². The monoisotopic (exact) mass is 249 g/mol. The van der Waals surface area contributed by atoms with Crippen molar-refractivity contribution in [3.63, 3.8) is 0 Å². The zero-order chi connectivity index (χ0) is 7.68. The van der Waals surface area contributed by atoms with Crippen molar-refractivity contribution >= 4 is 6.08 Å². The van der Waals surface area contributed by atoms with Gasteiger partial charge in [-0.15, -0.1) is 0 Å². The Bertz CT molecular complexity index is 301. The third-order valence-corrected chi connectivity index (χ3v) is 3.33. The van der Waals surface area contributed by atoms with E-state index in [1.54, 1.807) is 0 Å². The molecule has 0 aliphatic heterocycles. The number of benzene rings is 1. The molecular formula is C9H9Cl2NTi. The molecule has 0 bridgehead atoms. The van der Waals surface area contributed by atoms with Crippen LogP contribution in [0, 0.1) is 0 Å². The van der Waals surface area contributed by atoms with Crippen molar-refractivity contribution in [1.82, 2.24) is 0 Å². The molecule has 0 saturated carbocycles. The van der Waals surface area contributed by atoms with E-state index >= 15 is 0 Å². The molecular weight excluding hydrogens is 241 g/mol. The molecule has 0 fully saturated rings. The van der Waals surface area contributed by atoms with Gasteiger partial charge in [-0.25, -0.2) is 0 Å². The maximum absolute atomic E-state index is 5.72. The van der Waals surface area contributed by atoms with Crippen LogP contribution in [0.4, 0.5) is 0 Å². The minimum absolute atomic E-state index is 0. The average molecular weight is 250 g/mol. The third-order valence-electron chi connectivity index (χ3n) is 1.98. The Hall–Kier alpha value is 0.214. The van der Waals surface area contributed by atoms with E-state index in [0.29, 0.717) is 4.22 Å². The molecule has 13 heavy (non-hydrogen) atoms. The van der Waals surface area contributed by atoms with Crippen LogP contribution in [0.5, 0.6) is 0 Å². The van der Waals surface area contributed by atoms with Crippen LogP contribution in [0.1, 0.15) is 15.3 Å². The zero-order valence-corrected chi connectivity index (χ0v) is 9.95. The molecule has 0 saturated heterocycles. The predicted octanol–water partition coefficient (Wildman–Crippen LogP) is -4.28. The molecule has 0 spiro atoms.